The third-order valence-corrected chi connectivity index (χ3v) is 5.57. The van der Waals surface area contributed by atoms with Crippen LogP contribution in [0.3, 0.4) is 0 Å². The molecule has 2 aromatic carbocycles. The zero-order valence-electron chi connectivity index (χ0n) is 17.9. The van der Waals surface area contributed by atoms with Gasteiger partial charge in [-0.2, -0.15) is 0 Å². The first kappa shape index (κ1) is 21.2. The molecule has 0 unspecified atom stereocenters. The molecule has 1 heterocycles. The molecule has 5 heteroatoms. The summed E-state index contributed by atoms with van der Waals surface area (Å²) in [6.45, 7) is 11.7. The van der Waals surface area contributed by atoms with Gasteiger partial charge in [-0.3, -0.25) is 0 Å². The van der Waals surface area contributed by atoms with E-state index in [0.29, 0.717) is 13.1 Å². The zero-order chi connectivity index (χ0) is 20.6. The van der Waals surface area contributed by atoms with Crippen LogP contribution in [0.4, 0.5) is 4.79 Å². The summed E-state index contributed by atoms with van der Waals surface area (Å²) in [6.07, 6.45) is 1.03. The number of hydrogen-bond acceptors (Lipinski definition) is 3. The number of urea groups is 1. The summed E-state index contributed by atoms with van der Waals surface area (Å²) >= 11 is 0. The minimum absolute atomic E-state index is 0.00626. The van der Waals surface area contributed by atoms with E-state index in [1.807, 2.05) is 29.2 Å². The number of carbonyl (C=O) groups is 1. The van der Waals surface area contributed by atoms with Crippen molar-refractivity contribution >= 4 is 6.03 Å². The standard InChI is InChI=1S/C24H33N3O2/c1-4-26(5-2)14-9-15-29-23-13-12-20(16-19(23)3)17-27-18-22(25-24(27)28)21-10-7-6-8-11-21/h6-8,10-13,16,22H,4-5,9,14-15,17-18H2,1-3H3,(H,25,28)/t22-/m1/s1. The van der Waals surface area contributed by atoms with E-state index in [0.717, 1.165) is 55.1 Å². The molecule has 0 saturated carbocycles. The first-order chi connectivity index (χ1) is 14.1. The molecule has 29 heavy (non-hydrogen) atoms. The van der Waals surface area contributed by atoms with E-state index in [9.17, 15) is 4.79 Å². The van der Waals surface area contributed by atoms with Gasteiger partial charge in [-0.1, -0.05) is 56.3 Å². The van der Waals surface area contributed by atoms with Crippen LogP contribution in [0.2, 0.25) is 0 Å². The molecule has 0 aliphatic carbocycles. The minimum Gasteiger partial charge on any atom is -0.493 e. The largest absolute Gasteiger partial charge is 0.493 e. The normalized spacial score (nSPS) is 16.3. The van der Waals surface area contributed by atoms with E-state index in [-0.39, 0.29) is 12.1 Å². The fourth-order valence-corrected chi connectivity index (χ4v) is 3.80. The molecule has 1 atom stereocenters. The van der Waals surface area contributed by atoms with Gasteiger partial charge in [-0.05, 0) is 49.2 Å². The van der Waals surface area contributed by atoms with Gasteiger partial charge in [-0.25, -0.2) is 4.79 Å². The number of benzene rings is 2. The molecular formula is C24H33N3O2. The molecule has 0 aromatic heterocycles. The van der Waals surface area contributed by atoms with Gasteiger partial charge in [0.25, 0.3) is 0 Å². The van der Waals surface area contributed by atoms with Gasteiger partial charge in [0.05, 0.1) is 12.6 Å². The quantitative estimate of drug-likeness (QED) is 0.608. The van der Waals surface area contributed by atoms with Crippen LogP contribution in [0.15, 0.2) is 48.5 Å². The van der Waals surface area contributed by atoms with E-state index < -0.39 is 0 Å². The van der Waals surface area contributed by atoms with Crippen LogP contribution >= 0.6 is 0 Å². The number of ether oxygens (including phenoxy) is 1. The maximum atomic E-state index is 12.4. The Bertz CT molecular complexity index is 790. The molecule has 1 aliphatic rings. The molecule has 156 valence electrons. The molecule has 1 saturated heterocycles. The van der Waals surface area contributed by atoms with Gasteiger partial charge < -0.3 is 19.9 Å². The minimum atomic E-state index is -0.00626. The van der Waals surface area contributed by atoms with Crippen LogP contribution < -0.4 is 10.1 Å². The van der Waals surface area contributed by atoms with Gasteiger partial charge in [0, 0.05) is 19.6 Å². The van der Waals surface area contributed by atoms with E-state index in [1.165, 1.54) is 0 Å². The average Bonchev–Trinajstić information content (AvgIpc) is 3.10. The first-order valence-corrected chi connectivity index (χ1v) is 10.7. The second-order valence-electron chi connectivity index (χ2n) is 7.62. The third-order valence-electron chi connectivity index (χ3n) is 5.57. The molecular weight excluding hydrogens is 362 g/mol. The molecule has 1 N–H and O–H groups in total. The Labute approximate surface area is 174 Å². The van der Waals surface area contributed by atoms with E-state index in [2.05, 4.69) is 55.3 Å². The third kappa shape index (κ3) is 5.73. The van der Waals surface area contributed by atoms with Crippen LogP contribution in [-0.4, -0.2) is 48.6 Å². The highest BCUT2D eigenvalue weighted by molar-refractivity contribution is 5.77. The number of aryl methyl sites for hydroxylation is 1. The molecule has 5 nitrogen and oxygen atoms in total. The van der Waals surface area contributed by atoms with Gasteiger partial charge in [0.1, 0.15) is 5.75 Å². The van der Waals surface area contributed by atoms with Gasteiger partial charge in [-0.15, -0.1) is 0 Å². The van der Waals surface area contributed by atoms with Crippen molar-refractivity contribution in [3.63, 3.8) is 0 Å². The number of rotatable bonds is 10. The highest BCUT2D eigenvalue weighted by Crippen LogP contribution is 2.24. The predicted octanol–water partition coefficient (Wildman–Crippen LogP) is 4.37. The summed E-state index contributed by atoms with van der Waals surface area (Å²) in [6, 6.07) is 16.4. The number of nitrogens with one attached hydrogen (secondary N) is 1. The zero-order valence-corrected chi connectivity index (χ0v) is 17.9. The van der Waals surface area contributed by atoms with Gasteiger partial charge in [0.2, 0.25) is 0 Å². The van der Waals surface area contributed by atoms with Crippen molar-refractivity contribution in [2.24, 2.45) is 0 Å². The van der Waals surface area contributed by atoms with Crippen molar-refractivity contribution in [2.45, 2.75) is 39.8 Å². The molecule has 0 radical (unpaired) electrons. The Morgan fingerprint density at radius 1 is 1.14 bits per heavy atom. The Kier molecular flexibility index (Phi) is 7.53. The van der Waals surface area contributed by atoms with Crippen LogP contribution in [0.1, 0.15) is 43.0 Å². The van der Waals surface area contributed by atoms with E-state index in [4.69, 9.17) is 4.74 Å². The van der Waals surface area contributed by atoms with E-state index in [1.54, 1.807) is 0 Å². The average molecular weight is 396 g/mol. The number of hydrogen-bond donors (Lipinski definition) is 1. The lowest BCUT2D eigenvalue weighted by atomic mass is 10.1. The topological polar surface area (TPSA) is 44.8 Å². The lowest BCUT2D eigenvalue weighted by Gasteiger charge is -2.18. The molecule has 1 aliphatic heterocycles. The van der Waals surface area contributed by atoms with Gasteiger partial charge in [0.15, 0.2) is 0 Å². The monoisotopic (exact) mass is 395 g/mol. The van der Waals surface area contributed by atoms with Crippen molar-refractivity contribution in [1.82, 2.24) is 15.1 Å². The second-order valence-corrected chi connectivity index (χ2v) is 7.62. The van der Waals surface area contributed by atoms with Crippen LogP contribution in [-0.2, 0) is 6.54 Å². The molecule has 2 aromatic rings. The Morgan fingerprint density at radius 3 is 2.59 bits per heavy atom. The summed E-state index contributed by atoms with van der Waals surface area (Å²) in [4.78, 5) is 16.7. The maximum absolute atomic E-state index is 12.4. The van der Waals surface area contributed by atoms with Crippen molar-refractivity contribution in [1.29, 1.82) is 0 Å². The first-order valence-electron chi connectivity index (χ1n) is 10.7. The molecule has 0 spiro atoms. The number of amides is 2. The summed E-state index contributed by atoms with van der Waals surface area (Å²) in [5.41, 5.74) is 3.39. The van der Waals surface area contributed by atoms with E-state index >= 15 is 0 Å². The fraction of sp³-hybridized carbons (Fsp3) is 0.458. The second kappa shape index (κ2) is 10.3. The Morgan fingerprint density at radius 2 is 1.90 bits per heavy atom. The van der Waals surface area contributed by atoms with Crippen molar-refractivity contribution in [2.75, 3.05) is 32.8 Å². The fourth-order valence-electron chi connectivity index (χ4n) is 3.80. The van der Waals surface area contributed by atoms with Gasteiger partial charge >= 0.3 is 6.03 Å². The predicted molar refractivity (Wildman–Crippen MR) is 117 cm³/mol. The number of carbonyl (C=O) groups excluding carboxylic acids is 1. The van der Waals surface area contributed by atoms with Crippen LogP contribution in [0.25, 0.3) is 0 Å². The highest BCUT2D eigenvalue weighted by atomic mass is 16.5. The summed E-state index contributed by atoms with van der Waals surface area (Å²) in [5, 5.41) is 3.08. The van der Waals surface area contributed by atoms with Crippen LogP contribution in [0.5, 0.6) is 5.75 Å². The summed E-state index contributed by atoms with van der Waals surface area (Å²) < 4.78 is 5.98. The molecule has 2 amide bonds. The lowest BCUT2D eigenvalue weighted by molar-refractivity contribution is 0.215. The summed E-state index contributed by atoms with van der Waals surface area (Å²) in [7, 11) is 0. The number of nitrogens with zero attached hydrogens (tertiary/aromatic N) is 2. The maximum Gasteiger partial charge on any atom is 0.318 e. The van der Waals surface area contributed by atoms with Crippen molar-refractivity contribution < 1.29 is 9.53 Å². The Hall–Kier alpha value is -2.53. The van der Waals surface area contributed by atoms with Crippen molar-refractivity contribution in [3.8, 4) is 5.75 Å². The lowest BCUT2D eigenvalue weighted by Crippen LogP contribution is -2.27. The van der Waals surface area contributed by atoms with Crippen molar-refractivity contribution in [3.05, 3.63) is 65.2 Å². The van der Waals surface area contributed by atoms with Crippen LogP contribution in [0, 0.1) is 6.92 Å². The molecule has 1 fully saturated rings. The highest BCUT2D eigenvalue weighted by Gasteiger charge is 2.29. The SMILES string of the molecule is CCN(CC)CCCOc1ccc(CN2C[C@H](c3ccccc3)NC2=O)cc1C. The smallest absolute Gasteiger partial charge is 0.318 e. The Balaban J connectivity index is 1.52. The summed E-state index contributed by atoms with van der Waals surface area (Å²) in [5.74, 6) is 0.932. The molecule has 0 bridgehead atoms. The molecule has 3 rings (SSSR count).